The predicted molar refractivity (Wildman–Crippen MR) is 87.6 cm³/mol. The maximum atomic E-state index is 5.64. The Morgan fingerprint density at radius 2 is 1.81 bits per heavy atom. The highest BCUT2D eigenvalue weighted by Gasteiger charge is 2.23. The van der Waals surface area contributed by atoms with E-state index in [2.05, 4.69) is 38.2 Å². The largest absolute Gasteiger partial charge is 0.496 e. The van der Waals surface area contributed by atoms with Gasteiger partial charge in [-0.05, 0) is 48.9 Å². The molecule has 1 heterocycles. The third-order valence-corrected chi connectivity index (χ3v) is 4.29. The fourth-order valence-corrected chi connectivity index (χ4v) is 3.07. The van der Waals surface area contributed by atoms with Crippen LogP contribution in [0.25, 0.3) is 0 Å². The van der Waals surface area contributed by atoms with Crippen molar-refractivity contribution in [2.75, 3.05) is 20.8 Å². The fourth-order valence-electron chi connectivity index (χ4n) is 3.07. The molecule has 1 atom stereocenters. The highest BCUT2D eigenvalue weighted by molar-refractivity contribution is 5.49. The van der Waals surface area contributed by atoms with E-state index in [1.54, 1.807) is 14.2 Å². The first kappa shape index (κ1) is 16.2. The lowest BCUT2D eigenvalue weighted by atomic mass is 9.84. The van der Waals surface area contributed by atoms with Gasteiger partial charge in [-0.2, -0.15) is 0 Å². The van der Waals surface area contributed by atoms with E-state index in [1.165, 1.54) is 30.4 Å². The molecule has 0 saturated carbocycles. The first-order chi connectivity index (χ1) is 9.95. The van der Waals surface area contributed by atoms with Gasteiger partial charge in [-0.25, -0.2) is 0 Å². The highest BCUT2D eigenvalue weighted by Crippen LogP contribution is 2.37. The number of benzene rings is 1. The molecular formula is C18H29NO2. The van der Waals surface area contributed by atoms with Crippen LogP contribution in [0.1, 0.15) is 51.2 Å². The molecule has 3 heteroatoms. The summed E-state index contributed by atoms with van der Waals surface area (Å²) in [6, 6.07) is 4.87. The minimum Gasteiger partial charge on any atom is -0.496 e. The third-order valence-electron chi connectivity index (χ3n) is 4.29. The van der Waals surface area contributed by atoms with Crippen molar-refractivity contribution in [1.29, 1.82) is 0 Å². The molecule has 1 aromatic rings. The van der Waals surface area contributed by atoms with Crippen LogP contribution < -0.4 is 14.8 Å². The fraction of sp³-hybridized carbons (Fsp3) is 0.667. The third kappa shape index (κ3) is 3.91. The van der Waals surface area contributed by atoms with Crippen LogP contribution in [0.15, 0.2) is 12.1 Å². The molecule has 1 aliphatic rings. The highest BCUT2D eigenvalue weighted by atomic mass is 16.5. The van der Waals surface area contributed by atoms with Gasteiger partial charge in [0.25, 0.3) is 0 Å². The van der Waals surface area contributed by atoms with Gasteiger partial charge < -0.3 is 14.8 Å². The van der Waals surface area contributed by atoms with Crippen LogP contribution >= 0.6 is 0 Å². The standard InChI is InChI=1S/C18H29NO2/c1-18(2,3)15-12-16(20-4)13(11-17(15)21-5)10-14-8-6-7-9-19-14/h11-12,14,19H,6-10H2,1-5H3. The lowest BCUT2D eigenvalue weighted by molar-refractivity contribution is 0.371. The predicted octanol–water partition coefficient (Wildman–Crippen LogP) is 3.69. The molecule has 0 bridgehead atoms. The van der Waals surface area contributed by atoms with Gasteiger partial charge in [0.2, 0.25) is 0 Å². The van der Waals surface area contributed by atoms with Gasteiger partial charge >= 0.3 is 0 Å². The Bertz CT molecular complexity index is 471. The monoisotopic (exact) mass is 291 g/mol. The van der Waals surface area contributed by atoms with Gasteiger partial charge in [0.05, 0.1) is 14.2 Å². The molecule has 0 aromatic heterocycles. The van der Waals surface area contributed by atoms with Crippen LogP contribution in [0.2, 0.25) is 0 Å². The topological polar surface area (TPSA) is 30.5 Å². The molecule has 3 nitrogen and oxygen atoms in total. The van der Waals surface area contributed by atoms with Crippen molar-refractivity contribution in [3.8, 4) is 11.5 Å². The zero-order valence-corrected chi connectivity index (χ0v) is 14.1. The van der Waals surface area contributed by atoms with Crippen LogP contribution in [-0.2, 0) is 11.8 Å². The van der Waals surface area contributed by atoms with E-state index in [0.29, 0.717) is 6.04 Å². The zero-order valence-electron chi connectivity index (χ0n) is 14.1. The zero-order chi connectivity index (χ0) is 15.5. The minimum atomic E-state index is 0.0419. The van der Waals surface area contributed by atoms with Crippen molar-refractivity contribution in [3.05, 3.63) is 23.3 Å². The maximum Gasteiger partial charge on any atom is 0.123 e. The molecule has 2 rings (SSSR count). The molecule has 21 heavy (non-hydrogen) atoms. The molecule has 0 radical (unpaired) electrons. The molecule has 1 fully saturated rings. The first-order valence-corrected chi connectivity index (χ1v) is 7.94. The van der Waals surface area contributed by atoms with Crippen LogP contribution in [0, 0.1) is 0 Å². The summed E-state index contributed by atoms with van der Waals surface area (Å²) in [4.78, 5) is 0. The minimum absolute atomic E-state index is 0.0419. The summed E-state index contributed by atoms with van der Waals surface area (Å²) in [5, 5.41) is 3.60. The average Bonchev–Trinajstić information content (AvgIpc) is 2.46. The molecule has 0 aliphatic carbocycles. The first-order valence-electron chi connectivity index (χ1n) is 7.94. The van der Waals surface area contributed by atoms with Gasteiger partial charge in [0.1, 0.15) is 11.5 Å². The lowest BCUT2D eigenvalue weighted by Crippen LogP contribution is -2.35. The van der Waals surface area contributed by atoms with Crippen molar-refractivity contribution in [2.45, 2.75) is 57.9 Å². The van der Waals surface area contributed by atoms with Crippen molar-refractivity contribution < 1.29 is 9.47 Å². The summed E-state index contributed by atoms with van der Waals surface area (Å²) >= 11 is 0. The SMILES string of the molecule is COc1cc(C(C)(C)C)c(OC)cc1CC1CCCCN1. The quantitative estimate of drug-likeness (QED) is 0.918. The van der Waals surface area contributed by atoms with Crippen molar-refractivity contribution in [2.24, 2.45) is 0 Å². The Kier molecular flexibility index (Phi) is 5.15. The molecule has 1 saturated heterocycles. The van der Waals surface area contributed by atoms with E-state index < -0.39 is 0 Å². The maximum absolute atomic E-state index is 5.64. The van der Waals surface area contributed by atoms with Gasteiger partial charge in [-0.3, -0.25) is 0 Å². The molecular weight excluding hydrogens is 262 g/mol. The Labute approximate surface area is 129 Å². The molecule has 0 amide bonds. The molecule has 1 aliphatic heterocycles. The summed E-state index contributed by atoms with van der Waals surface area (Å²) in [5.41, 5.74) is 2.48. The molecule has 1 aromatic carbocycles. The summed E-state index contributed by atoms with van der Waals surface area (Å²) < 4.78 is 11.3. The van der Waals surface area contributed by atoms with Crippen LogP contribution in [0.3, 0.4) is 0 Å². The van der Waals surface area contributed by atoms with Crippen LogP contribution in [0.5, 0.6) is 11.5 Å². The van der Waals surface area contributed by atoms with Crippen LogP contribution in [-0.4, -0.2) is 26.8 Å². The van der Waals surface area contributed by atoms with E-state index in [4.69, 9.17) is 9.47 Å². The Hall–Kier alpha value is -1.22. The van der Waals surface area contributed by atoms with Crippen molar-refractivity contribution in [1.82, 2.24) is 5.32 Å². The van der Waals surface area contributed by atoms with Gasteiger partial charge in [0, 0.05) is 11.6 Å². The number of methoxy groups -OCH3 is 2. The molecule has 118 valence electrons. The normalized spacial score (nSPS) is 19.4. The number of ether oxygens (including phenoxy) is 2. The van der Waals surface area contributed by atoms with E-state index in [-0.39, 0.29) is 5.41 Å². The Morgan fingerprint density at radius 1 is 1.10 bits per heavy atom. The van der Waals surface area contributed by atoms with Crippen molar-refractivity contribution >= 4 is 0 Å². The second-order valence-electron chi connectivity index (χ2n) is 6.97. The van der Waals surface area contributed by atoms with E-state index in [9.17, 15) is 0 Å². The number of piperidine rings is 1. The van der Waals surface area contributed by atoms with Gasteiger partial charge in [-0.1, -0.05) is 27.2 Å². The average molecular weight is 291 g/mol. The van der Waals surface area contributed by atoms with Crippen LogP contribution in [0.4, 0.5) is 0 Å². The van der Waals surface area contributed by atoms with Gasteiger partial charge in [0.15, 0.2) is 0 Å². The second-order valence-corrected chi connectivity index (χ2v) is 6.97. The summed E-state index contributed by atoms with van der Waals surface area (Å²) in [6.45, 7) is 7.73. The number of hydrogen-bond donors (Lipinski definition) is 1. The smallest absolute Gasteiger partial charge is 0.123 e. The molecule has 1 unspecified atom stereocenters. The second kappa shape index (κ2) is 6.69. The Balaban J connectivity index is 2.31. The number of nitrogens with one attached hydrogen (secondary N) is 1. The molecule has 1 N–H and O–H groups in total. The lowest BCUT2D eigenvalue weighted by Gasteiger charge is -2.27. The number of rotatable bonds is 4. The number of hydrogen-bond acceptors (Lipinski definition) is 3. The van der Waals surface area contributed by atoms with Crippen molar-refractivity contribution in [3.63, 3.8) is 0 Å². The Morgan fingerprint density at radius 3 is 2.33 bits per heavy atom. The summed E-state index contributed by atoms with van der Waals surface area (Å²) in [6.07, 6.45) is 4.85. The summed E-state index contributed by atoms with van der Waals surface area (Å²) in [5.74, 6) is 1.95. The van der Waals surface area contributed by atoms with E-state index in [1.807, 2.05) is 0 Å². The van der Waals surface area contributed by atoms with E-state index in [0.717, 1.165) is 24.5 Å². The van der Waals surface area contributed by atoms with Gasteiger partial charge in [-0.15, -0.1) is 0 Å². The summed E-state index contributed by atoms with van der Waals surface area (Å²) in [7, 11) is 3.51. The van der Waals surface area contributed by atoms with E-state index >= 15 is 0 Å². The molecule has 0 spiro atoms.